The van der Waals surface area contributed by atoms with E-state index in [0.29, 0.717) is 0 Å². The molecule has 0 saturated heterocycles. The van der Waals surface area contributed by atoms with E-state index in [0.717, 1.165) is 11.7 Å². The van der Waals surface area contributed by atoms with Crippen LogP contribution in [-0.4, -0.2) is 4.98 Å². The number of nitrogens with zero attached hydrogens (tertiary/aromatic N) is 1. The van der Waals surface area contributed by atoms with Crippen LogP contribution in [0.4, 0.5) is 0 Å². The van der Waals surface area contributed by atoms with E-state index in [4.69, 9.17) is 0 Å². The van der Waals surface area contributed by atoms with Crippen LogP contribution in [0.2, 0.25) is 0 Å². The Labute approximate surface area is 89.0 Å². The topological polar surface area (TPSA) is 12.9 Å². The molecule has 0 bridgehead atoms. The van der Waals surface area contributed by atoms with Gasteiger partial charge in [0.05, 0.1) is 5.69 Å². The molecule has 1 nitrogen and oxygen atoms in total. The van der Waals surface area contributed by atoms with Crippen LogP contribution in [0.5, 0.6) is 0 Å². The Balaban J connectivity index is 2.05. The highest BCUT2D eigenvalue weighted by molar-refractivity contribution is 7.79. The van der Waals surface area contributed by atoms with Crippen LogP contribution in [0.3, 0.4) is 0 Å². The van der Waals surface area contributed by atoms with Gasteiger partial charge in [-0.2, -0.15) is 12.6 Å². The van der Waals surface area contributed by atoms with Crippen LogP contribution in [-0.2, 0) is 5.75 Å². The molecule has 1 aliphatic carbocycles. The molecule has 1 saturated carbocycles. The highest BCUT2D eigenvalue weighted by atomic mass is 32.1. The molecule has 1 aromatic rings. The van der Waals surface area contributed by atoms with Crippen LogP contribution in [0.25, 0.3) is 0 Å². The average molecular weight is 213 g/mol. The Kier molecular flexibility index (Phi) is 3.28. The Bertz CT molecular complexity index is 264. The van der Waals surface area contributed by atoms with Gasteiger partial charge in [-0.1, -0.05) is 19.3 Å². The van der Waals surface area contributed by atoms with Gasteiger partial charge in [0.2, 0.25) is 0 Å². The second-order valence-corrected chi connectivity index (χ2v) is 4.92. The molecule has 0 aliphatic heterocycles. The van der Waals surface area contributed by atoms with Gasteiger partial charge < -0.3 is 0 Å². The summed E-state index contributed by atoms with van der Waals surface area (Å²) in [6, 6.07) is 0. The summed E-state index contributed by atoms with van der Waals surface area (Å²) < 4.78 is 0. The summed E-state index contributed by atoms with van der Waals surface area (Å²) in [5.41, 5.74) is 1.33. The van der Waals surface area contributed by atoms with Gasteiger partial charge >= 0.3 is 0 Å². The van der Waals surface area contributed by atoms with Gasteiger partial charge in [-0.15, -0.1) is 11.3 Å². The quantitative estimate of drug-likeness (QED) is 0.740. The maximum Gasteiger partial charge on any atom is 0.102 e. The molecule has 0 atom stereocenters. The van der Waals surface area contributed by atoms with Crippen molar-refractivity contribution in [2.24, 2.45) is 0 Å². The molecular formula is C10H15NS2. The Hall–Kier alpha value is -0.0200. The molecule has 1 heterocycles. The normalized spacial score (nSPS) is 19.2. The number of thiol groups is 1. The van der Waals surface area contributed by atoms with Gasteiger partial charge in [0.1, 0.15) is 5.01 Å². The van der Waals surface area contributed by atoms with Crippen LogP contribution >= 0.6 is 24.0 Å². The first-order valence-electron chi connectivity index (χ1n) is 4.95. The summed E-state index contributed by atoms with van der Waals surface area (Å²) in [5, 5.41) is 3.39. The summed E-state index contributed by atoms with van der Waals surface area (Å²) >= 11 is 5.99. The number of thiazole rings is 1. The van der Waals surface area contributed by atoms with Crippen LogP contribution < -0.4 is 0 Å². The molecule has 0 spiro atoms. The maximum atomic E-state index is 4.59. The van der Waals surface area contributed by atoms with Gasteiger partial charge in [0.25, 0.3) is 0 Å². The summed E-state index contributed by atoms with van der Waals surface area (Å²) in [6.07, 6.45) is 6.88. The number of hydrogen-bond donors (Lipinski definition) is 1. The Morgan fingerprint density at radius 2 is 2.15 bits per heavy atom. The zero-order valence-electron chi connectivity index (χ0n) is 7.70. The Morgan fingerprint density at radius 3 is 2.77 bits per heavy atom. The first-order chi connectivity index (χ1) is 6.40. The van der Waals surface area contributed by atoms with Gasteiger partial charge in [-0.05, 0) is 12.8 Å². The number of hydrogen-bond acceptors (Lipinski definition) is 3. The zero-order chi connectivity index (χ0) is 9.10. The standard InChI is InChI=1S/C10H15NS2/c12-6-10-11-9(7-13-10)8-4-2-1-3-5-8/h7-8,12H,1-6H2. The summed E-state index contributed by atoms with van der Waals surface area (Å²) in [7, 11) is 0. The molecule has 13 heavy (non-hydrogen) atoms. The molecule has 2 rings (SSSR count). The van der Waals surface area contributed by atoms with E-state index in [1.807, 2.05) is 0 Å². The van der Waals surface area contributed by atoms with Gasteiger partial charge in [-0.25, -0.2) is 4.98 Å². The van der Waals surface area contributed by atoms with Crippen LogP contribution in [0, 0.1) is 0 Å². The number of rotatable bonds is 2. The van der Waals surface area contributed by atoms with Crippen molar-refractivity contribution in [3.05, 3.63) is 16.1 Å². The third-order valence-electron chi connectivity index (χ3n) is 2.73. The number of aromatic nitrogens is 1. The molecular weight excluding hydrogens is 198 g/mol. The van der Waals surface area contributed by atoms with Gasteiger partial charge in [-0.3, -0.25) is 0 Å². The summed E-state index contributed by atoms with van der Waals surface area (Å²) in [4.78, 5) is 4.59. The van der Waals surface area contributed by atoms with E-state index < -0.39 is 0 Å². The third-order valence-corrected chi connectivity index (χ3v) is 4.11. The molecule has 0 amide bonds. The molecule has 3 heteroatoms. The third kappa shape index (κ3) is 2.26. The lowest BCUT2D eigenvalue weighted by atomic mass is 9.87. The molecule has 0 N–H and O–H groups in total. The van der Waals surface area contributed by atoms with E-state index in [9.17, 15) is 0 Å². The van der Waals surface area contributed by atoms with E-state index in [2.05, 4.69) is 23.0 Å². The SMILES string of the molecule is SCc1nc(C2CCCCC2)cs1. The lowest BCUT2D eigenvalue weighted by Crippen LogP contribution is -2.04. The van der Waals surface area contributed by atoms with E-state index >= 15 is 0 Å². The molecule has 1 aromatic heterocycles. The second kappa shape index (κ2) is 4.47. The molecule has 0 aromatic carbocycles. The van der Waals surface area contributed by atoms with Crippen molar-refractivity contribution in [3.63, 3.8) is 0 Å². The van der Waals surface area contributed by atoms with E-state index in [1.165, 1.54) is 42.8 Å². The van der Waals surface area contributed by atoms with Gasteiger partial charge in [0.15, 0.2) is 0 Å². The minimum atomic E-state index is 0.749. The molecule has 0 radical (unpaired) electrons. The fourth-order valence-electron chi connectivity index (χ4n) is 1.98. The fraction of sp³-hybridized carbons (Fsp3) is 0.700. The summed E-state index contributed by atoms with van der Waals surface area (Å²) in [5.74, 6) is 1.54. The van der Waals surface area contributed by atoms with Crippen molar-refractivity contribution in [1.82, 2.24) is 4.98 Å². The zero-order valence-corrected chi connectivity index (χ0v) is 9.41. The Morgan fingerprint density at radius 1 is 1.38 bits per heavy atom. The first-order valence-corrected chi connectivity index (χ1v) is 6.46. The van der Waals surface area contributed by atoms with Crippen molar-refractivity contribution in [2.45, 2.75) is 43.8 Å². The van der Waals surface area contributed by atoms with Crippen LogP contribution in [0.15, 0.2) is 5.38 Å². The average Bonchev–Trinajstić information content (AvgIpc) is 2.67. The van der Waals surface area contributed by atoms with Crippen molar-refractivity contribution >= 4 is 24.0 Å². The smallest absolute Gasteiger partial charge is 0.102 e. The highest BCUT2D eigenvalue weighted by Crippen LogP contribution is 2.33. The maximum absolute atomic E-state index is 4.59. The van der Waals surface area contributed by atoms with Crippen molar-refractivity contribution in [2.75, 3.05) is 0 Å². The predicted octanol–water partition coefficient (Wildman–Crippen LogP) is 3.62. The van der Waals surface area contributed by atoms with E-state index in [1.54, 1.807) is 11.3 Å². The molecule has 72 valence electrons. The molecule has 0 unspecified atom stereocenters. The van der Waals surface area contributed by atoms with Crippen LogP contribution in [0.1, 0.15) is 48.7 Å². The van der Waals surface area contributed by atoms with Gasteiger partial charge in [0, 0.05) is 17.1 Å². The predicted molar refractivity (Wildman–Crippen MR) is 60.6 cm³/mol. The van der Waals surface area contributed by atoms with Crippen molar-refractivity contribution in [1.29, 1.82) is 0 Å². The highest BCUT2D eigenvalue weighted by Gasteiger charge is 2.17. The first kappa shape index (κ1) is 9.53. The monoisotopic (exact) mass is 213 g/mol. The molecule has 1 aliphatic rings. The largest absolute Gasteiger partial charge is 0.245 e. The second-order valence-electron chi connectivity index (χ2n) is 3.66. The minimum Gasteiger partial charge on any atom is -0.245 e. The minimum absolute atomic E-state index is 0.749. The lowest BCUT2D eigenvalue weighted by molar-refractivity contribution is 0.437. The molecule has 1 fully saturated rings. The lowest BCUT2D eigenvalue weighted by Gasteiger charge is -2.19. The summed E-state index contributed by atoms with van der Waals surface area (Å²) in [6.45, 7) is 0. The fourth-order valence-corrected chi connectivity index (χ4v) is 3.01. The van der Waals surface area contributed by atoms with Crippen molar-refractivity contribution < 1.29 is 0 Å². The van der Waals surface area contributed by atoms with Crippen molar-refractivity contribution in [3.8, 4) is 0 Å². The van der Waals surface area contributed by atoms with E-state index in [-0.39, 0.29) is 0 Å².